The number of aliphatic carboxylic acids is 1. The minimum absolute atomic E-state index is 0.217. The maximum Gasteiger partial charge on any atom is 0.308 e. The van der Waals surface area contributed by atoms with Crippen molar-refractivity contribution in [1.29, 1.82) is 0 Å². The average Bonchev–Trinajstić information content (AvgIpc) is 3.59. The predicted molar refractivity (Wildman–Crippen MR) is 125 cm³/mol. The van der Waals surface area contributed by atoms with E-state index in [0.717, 1.165) is 17.8 Å². The predicted octanol–water partition coefficient (Wildman–Crippen LogP) is 2.43. The van der Waals surface area contributed by atoms with Crippen LogP contribution in [0.5, 0.6) is 5.75 Å². The molecular formula is C24H31N7O4. The van der Waals surface area contributed by atoms with Crippen LogP contribution in [0.15, 0.2) is 18.3 Å². The first-order chi connectivity index (χ1) is 17.0. The fourth-order valence-corrected chi connectivity index (χ4v) is 5.01. The van der Waals surface area contributed by atoms with Gasteiger partial charge in [-0.2, -0.15) is 0 Å². The third kappa shape index (κ3) is 5.19. The van der Waals surface area contributed by atoms with E-state index in [1.165, 1.54) is 25.7 Å². The highest BCUT2D eigenvalue weighted by molar-refractivity contribution is 5.70. The molecule has 0 amide bonds. The molecule has 2 atom stereocenters. The summed E-state index contributed by atoms with van der Waals surface area (Å²) < 4.78 is 15.2. The highest BCUT2D eigenvalue weighted by Crippen LogP contribution is 2.29. The number of aromatic nitrogens is 7. The highest BCUT2D eigenvalue weighted by Gasteiger charge is 2.29. The van der Waals surface area contributed by atoms with E-state index in [4.69, 9.17) is 14.5 Å². The van der Waals surface area contributed by atoms with E-state index in [-0.39, 0.29) is 12.7 Å². The Morgan fingerprint density at radius 2 is 2.06 bits per heavy atom. The van der Waals surface area contributed by atoms with E-state index in [9.17, 15) is 9.90 Å². The molecule has 1 aliphatic heterocycles. The van der Waals surface area contributed by atoms with Crippen molar-refractivity contribution in [2.24, 2.45) is 18.9 Å². The van der Waals surface area contributed by atoms with Crippen LogP contribution >= 0.6 is 0 Å². The zero-order valence-corrected chi connectivity index (χ0v) is 20.1. The summed E-state index contributed by atoms with van der Waals surface area (Å²) in [6.07, 6.45) is 8.09. The van der Waals surface area contributed by atoms with Gasteiger partial charge in [-0.05, 0) is 31.4 Å². The van der Waals surface area contributed by atoms with E-state index in [0.29, 0.717) is 48.3 Å². The van der Waals surface area contributed by atoms with Crippen LogP contribution in [-0.2, 0) is 29.5 Å². The molecule has 4 heterocycles. The lowest BCUT2D eigenvalue weighted by molar-refractivity contribution is -0.149. The van der Waals surface area contributed by atoms with Gasteiger partial charge in [-0.3, -0.25) is 4.79 Å². The fourth-order valence-electron chi connectivity index (χ4n) is 5.01. The van der Waals surface area contributed by atoms with Gasteiger partial charge < -0.3 is 14.6 Å². The van der Waals surface area contributed by atoms with Crippen LogP contribution in [0.2, 0.25) is 0 Å². The molecule has 2 fully saturated rings. The standard InChI is InChI=1S/C24H31N7O4/c1-15-22(35-19-10-17(24(32)33)13-34-14-19)8-7-20(26-15)23-21(30(2)29-27-23)12-31-18(11-25-28-31)9-16-5-3-4-6-16/h7-8,11,16-17,19H,3-6,9-10,12-14H2,1-2H3,(H,32,33)/t17-,19-/m1/s1. The largest absolute Gasteiger partial charge is 0.486 e. The van der Waals surface area contributed by atoms with Crippen LogP contribution < -0.4 is 4.74 Å². The molecule has 0 unspecified atom stereocenters. The Labute approximate surface area is 203 Å². The summed E-state index contributed by atoms with van der Waals surface area (Å²) in [5.74, 6) is -0.112. The van der Waals surface area contributed by atoms with Crippen LogP contribution in [0.3, 0.4) is 0 Å². The summed E-state index contributed by atoms with van der Waals surface area (Å²) in [7, 11) is 1.87. The van der Waals surface area contributed by atoms with Crippen LogP contribution in [0.25, 0.3) is 11.4 Å². The number of carboxylic acids is 1. The molecule has 11 heteroatoms. The number of carbonyl (C=O) groups is 1. The quantitative estimate of drug-likeness (QED) is 0.515. The van der Waals surface area contributed by atoms with Gasteiger partial charge in [0.25, 0.3) is 0 Å². The van der Waals surface area contributed by atoms with Crippen molar-refractivity contribution in [2.75, 3.05) is 13.2 Å². The molecule has 11 nitrogen and oxygen atoms in total. The van der Waals surface area contributed by atoms with Gasteiger partial charge >= 0.3 is 5.97 Å². The lowest BCUT2D eigenvalue weighted by atomic mass is 10.0. The first-order valence-corrected chi connectivity index (χ1v) is 12.2. The summed E-state index contributed by atoms with van der Waals surface area (Å²) in [5.41, 5.74) is 4.11. The van der Waals surface area contributed by atoms with Crippen molar-refractivity contribution < 1.29 is 19.4 Å². The molecule has 0 aromatic carbocycles. The molecule has 2 aliphatic rings. The number of rotatable bonds is 8. The number of carboxylic acid groups (broad SMARTS) is 1. The second-order valence-electron chi connectivity index (χ2n) is 9.57. The third-order valence-corrected chi connectivity index (χ3v) is 7.01. The molecule has 5 rings (SSSR count). The molecule has 3 aromatic heterocycles. The lowest BCUT2D eigenvalue weighted by Gasteiger charge is -2.27. The SMILES string of the molecule is Cc1nc(-c2nnn(C)c2Cn2nncc2CC2CCCC2)ccc1O[C@H]1COC[C@H](C(=O)O)C1. The first-order valence-electron chi connectivity index (χ1n) is 12.2. The average molecular weight is 482 g/mol. The molecule has 1 aliphatic carbocycles. The number of hydrogen-bond acceptors (Lipinski definition) is 8. The Morgan fingerprint density at radius 1 is 1.23 bits per heavy atom. The maximum atomic E-state index is 11.3. The van der Waals surface area contributed by atoms with Crippen LogP contribution in [0.4, 0.5) is 0 Å². The van der Waals surface area contributed by atoms with Crippen molar-refractivity contribution in [1.82, 2.24) is 35.0 Å². The Hall–Kier alpha value is -3.34. The molecule has 0 radical (unpaired) electrons. The number of nitrogens with zero attached hydrogens (tertiary/aromatic N) is 7. The molecule has 1 saturated heterocycles. The van der Waals surface area contributed by atoms with E-state index in [2.05, 4.69) is 20.6 Å². The van der Waals surface area contributed by atoms with Crippen molar-refractivity contribution in [3.63, 3.8) is 0 Å². The maximum absolute atomic E-state index is 11.3. The van der Waals surface area contributed by atoms with Gasteiger partial charge in [0.05, 0.1) is 54.6 Å². The van der Waals surface area contributed by atoms with Gasteiger partial charge in [0, 0.05) is 13.5 Å². The minimum atomic E-state index is -0.863. The molecule has 186 valence electrons. The van der Waals surface area contributed by atoms with E-state index in [1.807, 2.05) is 37.0 Å². The molecule has 0 spiro atoms. The molecular weight excluding hydrogens is 450 g/mol. The van der Waals surface area contributed by atoms with Crippen LogP contribution in [0, 0.1) is 18.8 Å². The van der Waals surface area contributed by atoms with Crippen molar-refractivity contribution in [3.05, 3.63) is 35.4 Å². The Morgan fingerprint density at radius 3 is 2.83 bits per heavy atom. The summed E-state index contributed by atoms with van der Waals surface area (Å²) in [5, 5.41) is 26.4. The first kappa shape index (κ1) is 23.4. The van der Waals surface area contributed by atoms with Crippen LogP contribution in [-0.4, -0.2) is 65.4 Å². The van der Waals surface area contributed by atoms with Gasteiger partial charge in [-0.25, -0.2) is 14.3 Å². The normalized spacial score (nSPS) is 20.9. The zero-order valence-electron chi connectivity index (χ0n) is 20.1. The van der Waals surface area contributed by atoms with E-state index < -0.39 is 11.9 Å². The van der Waals surface area contributed by atoms with Gasteiger partial charge in [0.1, 0.15) is 17.5 Å². The van der Waals surface area contributed by atoms with E-state index in [1.54, 1.807) is 4.68 Å². The van der Waals surface area contributed by atoms with Gasteiger partial charge in [0.15, 0.2) is 0 Å². The van der Waals surface area contributed by atoms with Crippen molar-refractivity contribution >= 4 is 5.97 Å². The Bertz CT molecular complexity index is 1180. The number of aryl methyl sites for hydroxylation is 2. The molecule has 35 heavy (non-hydrogen) atoms. The lowest BCUT2D eigenvalue weighted by Crippen LogP contribution is -2.37. The highest BCUT2D eigenvalue weighted by atomic mass is 16.5. The second kappa shape index (κ2) is 10.1. The second-order valence-corrected chi connectivity index (χ2v) is 9.57. The summed E-state index contributed by atoms with van der Waals surface area (Å²) >= 11 is 0. The van der Waals surface area contributed by atoms with Crippen molar-refractivity contribution in [3.8, 4) is 17.1 Å². The summed E-state index contributed by atoms with van der Waals surface area (Å²) in [6, 6.07) is 3.70. The fraction of sp³-hybridized carbons (Fsp3) is 0.583. The number of pyridine rings is 1. The summed E-state index contributed by atoms with van der Waals surface area (Å²) in [4.78, 5) is 16.0. The minimum Gasteiger partial charge on any atom is -0.486 e. The van der Waals surface area contributed by atoms with Gasteiger partial charge in [-0.1, -0.05) is 36.1 Å². The van der Waals surface area contributed by atoms with E-state index >= 15 is 0 Å². The van der Waals surface area contributed by atoms with Gasteiger partial charge in [-0.15, -0.1) is 10.2 Å². The topological polar surface area (TPSA) is 130 Å². The third-order valence-electron chi connectivity index (χ3n) is 7.01. The zero-order chi connectivity index (χ0) is 24.4. The smallest absolute Gasteiger partial charge is 0.308 e. The molecule has 1 saturated carbocycles. The monoisotopic (exact) mass is 481 g/mol. The Balaban J connectivity index is 1.32. The van der Waals surface area contributed by atoms with Crippen LogP contribution in [0.1, 0.15) is 49.2 Å². The van der Waals surface area contributed by atoms with Crippen molar-refractivity contribution in [2.45, 2.75) is 58.1 Å². The Kier molecular flexibility index (Phi) is 6.76. The summed E-state index contributed by atoms with van der Waals surface area (Å²) in [6.45, 7) is 2.95. The molecule has 0 bridgehead atoms. The molecule has 3 aromatic rings. The van der Waals surface area contributed by atoms with Gasteiger partial charge in [0.2, 0.25) is 0 Å². The number of ether oxygens (including phenoxy) is 2. The molecule has 1 N–H and O–H groups in total. The number of hydrogen-bond donors (Lipinski definition) is 1.